The van der Waals surface area contributed by atoms with E-state index in [0.717, 1.165) is 22.4 Å². The molecule has 7 nitrogen and oxygen atoms in total. The minimum Gasteiger partial charge on any atom is -0.388 e. The largest absolute Gasteiger partial charge is 0.388 e. The molecule has 0 saturated carbocycles. The van der Waals surface area contributed by atoms with E-state index in [1.807, 2.05) is 58.0 Å². The Labute approximate surface area is 171 Å². The minimum atomic E-state index is -1.30. The van der Waals surface area contributed by atoms with Crippen LogP contribution >= 0.6 is 0 Å². The van der Waals surface area contributed by atoms with Crippen molar-refractivity contribution in [2.24, 2.45) is 10.2 Å². The summed E-state index contributed by atoms with van der Waals surface area (Å²) in [5.74, 6) is 0. The maximum Gasteiger partial charge on any atom is 0.157 e. The molecule has 1 aliphatic heterocycles. The SMILES string of the molecule is Cc1ccc(N=Nc2cc(C)c(C)cc2N[C@H]2O[C@@H](C)[C@@H](O)[C@@H](O)[C@@H]2O)cc1C. The molecular weight excluding hydrogens is 370 g/mol. The van der Waals surface area contributed by atoms with Gasteiger partial charge >= 0.3 is 0 Å². The van der Waals surface area contributed by atoms with Crippen LogP contribution in [0.15, 0.2) is 40.6 Å². The number of nitrogens with zero attached hydrogens (tertiary/aromatic N) is 2. The van der Waals surface area contributed by atoms with Crippen LogP contribution in [0.1, 0.15) is 29.2 Å². The molecule has 1 heterocycles. The Morgan fingerprint density at radius 3 is 2.14 bits per heavy atom. The second-order valence-corrected chi connectivity index (χ2v) is 7.80. The van der Waals surface area contributed by atoms with E-state index in [1.165, 1.54) is 5.56 Å². The van der Waals surface area contributed by atoms with Crippen LogP contribution in [0.2, 0.25) is 0 Å². The lowest BCUT2D eigenvalue weighted by Gasteiger charge is -2.40. The van der Waals surface area contributed by atoms with Gasteiger partial charge in [0.1, 0.15) is 24.0 Å². The molecule has 3 rings (SSSR count). The molecule has 156 valence electrons. The van der Waals surface area contributed by atoms with Gasteiger partial charge in [0.15, 0.2) is 6.23 Å². The number of rotatable bonds is 4. The van der Waals surface area contributed by atoms with Crippen LogP contribution in [0, 0.1) is 27.7 Å². The molecule has 0 bridgehead atoms. The number of benzene rings is 2. The summed E-state index contributed by atoms with van der Waals surface area (Å²) in [6.07, 6.45) is -5.25. The number of ether oxygens (including phenoxy) is 1. The van der Waals surface area contributed by atoms with Gasteiger partial charge in [-0.1, -0.05) is 6.07 Å². The Kier molecular flexibility index (Phi) is 6.33. The van der Waals surface area contributed by atoms with E-state index < -0.39 is 30.6 Å². The van der Waals surface area contributed by atoms with E-state index in [-0.39, 0.29) is 0 Å². The average Bonchev–Trinajstić information content (AvgIpc) is 2.68. The fourth-order valence-electron chi connectivity index (χ4n) is 3.22. The molecule has 7 heteroatoms. The lowest BCUT2D eigenvalue weighted by atomic mass is 9.98. The number of hydrogen-bond acceptors (Lipinski definition) is 7. The van der Waals surface area contributed by atoms with Crippen molar-refractivity contribution in [2.45, 2.75) is 65.3 Å². The molecule has 5 atom stereocenters. The van der Waals surface area contributed by atoms with Gasteiger partial charge in [-0.3, -0.25) is 0 Å². The van der Waals surface area contributed by atoms with E-state index in [1.54, 1.807) is 6.92 Å². The van der Waals surface area contributed by atoms with Gasteiger partial charge < -0.3 is 25.4 Å². The Balaban J connectivity index is 1.89. The van der Waals surface area contributed by atoms with Crippen molar-refractivity contribution in [3.63, 3.8) is 0 Å². The Bertz CT molecular complexity index is 915. The van der Waals surface area contributed by atoms with Gasteiger partial charge in [-0.15, -0.1) is 5.11 Å². The summed E-state index contributed by atoms with van der Waals surface area (Å²) < 4.78 is 5.66. The summed E-state index contributed by atoms with van der Waals surface area (Å²) >= 11 is 0. The van der Waals surface area contributed by atoms with Crippen LogP contribution in [-0.2, 0) is 4.74 Å². The first-order valence-electron chi connectivity index (χ1n) is 9.74. The second-order valence-electron chi connectivity index (χ2n) is 7.80. The maximum absolute atomic E-state index is 10.3. The van der Waals surface area contributed by atoms with Gasteiger partial charge in [0.2, 0.25) is 0 Å². The van der Waals surface area contributed by atoms with Gasteiger partial charge in [-0.25, -0.2) is 0 Å². The van der Waals surface area contributed by atoms with Gasteiger partial charge in [-0.2, -0.15) is 5.11 Å². The molecule has 1 fully saturated rings. The molecule has 2 aromatic carbocycles. The van der Waals surface area contributed by atoms with Crippen LogP contribution < -0.4 is 5.32 Å². The highest BCUT2D eigenvalue weighted by Gasteiger charge is 2.41. The highest BCUT2D eigenvalue weighted by atomic mass is 16.5. The fourth-order valence-corrected chi connectivity index (χ4v) is 3.22. The summed E-state index contributed by atoms with van der Waals surface area (Å²) in [7, 11) is 0. The van der Waals surface area contributed by atoms with Crippen LogP contribution in [-0.4, -0.2) is 46.0 Å². The predicted molar refractivity (Wildman–Crippen MR) is 112 cm³/mol. The van der Waals surface area contributed by atoms with Crippen molar-refractivity contribution >= 4 is 17.1 Å². The molecule has 0 aliphatic carbocycles. The zero-order chi connectivity index (χ0) is 21.3. The third-order valence-electron chi connectivity index (χ3n) is 5.53. The normalized spacial score (nSPS) is 27.4. The Hall–Kier alpha value is -2.32. The molecule has 2 aromatic rings. The number of anilines is 1. The van der Waals surface area contributed by atoms with Gasteiger partial charge in [0.25, 0.3) is 0 Å². The molecule has 4 N–H and O–H groups in total. The third-order valence-corrected chi connectivity index (χ3v) is 5.53. The number of azo groups is 1. The van der Waals surface area contributed by atoms with Crippen LogP contribution in [0.4, 0.5) is 17.1 Å². The molecular formula is C22H29N3O4. The maximum atomic E-state index is 10.3. The van der Waals surface area contributed by atoms with Crippen LogP contribution in [0.25, 0.3) is 0 Å². The first-order chi connectivity index (χ1) is 13.7. The van der Waals surface area contributed by atoms with Gasteiger partial charge in [0, 0.05) is 0 Å². The molecule has 0 unspecified atom stereocenters. The molecule has 1 aliphatic rings. The van der Waals surface area contributed by atoms with Gasteiger partial charge in [0.05, 0.1) is 17.5 Å². The lowest BCUT2D eigenvalue weighted by Crippen LogP contribution is -2.58. The fraction of sp³-hybridized carbons (Fsp3) is 0.455. The van der Waals surface area contributed by atoms with Crippen LogP contribution in [0.5, 0.6) is 0 Å². The Morgan fingerprint density at radius 1 is 0.793 bits per heavy atom. The first-order valence-corrected chi connectivity index (χ1v) is 9.74. The molecule has 0 amide bonds. The average molecular weight is 399 g/mol. The van der Waals surface area contributed by atoms with Crippen molar-refractivity contribution < 1.29 is 20.1 Å². The standard InChI is InChI=1S/C22H29N3O4/c1-11-6-7-16(8-12(11)2)24-25-18-10-14(4)13(3)9-17(18)23-22-21(28)20(27)19(26)15(5)29-22/h6-10,15,19-23,26-28H,1-5H3/t15-,19+,20+,21-,22-/m0/s1. The summed E-state index contributed by atoms with van der Waals surface area (Å²) in [5, 5.41) is 42.1. The highest BCUT2D eigenvalue weighted by molar-refractivity contribution is 5.68. The Morgan fingerprint density at radius 2 is 1.45 bits per heavy atom. The second kappa shape index (κ2) is 8.59. The van der Waals surface area contributed by atoms with Crippen LogP contribution in [0.3, 0.4) is 0 Å². The molecule has 1 saturated heterocycles. The smallest absolute Gasteiger partial charge is 0.157 e. The van der Waals surface area contributed by atoms with E-state index in [4.69, 9.17) is 4.74 Å². The van der Waals surface area contributed by atoms with E-state index in [2.05, 4.69) is 15.5 Å². The number of hydrogen-bond donors (Lipinski definition) is 4. The molecule has 0 spiro atoms. The monoisotopic (exact) mass is 399 g/mol. The zero-order valence-electron chi connectivity index (χ0n) is 17.4. The molecule has 0 aromatic heterocycles. The minimum absolute atomic E-state index is 0.593. The van der Waals surface area contributed by atoms with Crippen molar-refractivity contribution in [2.75, 3.05) is 5.32 Å². The summed E-state index contributed by atoms with van der Waals surface area (Å²) in [4.78, 5) is 0. The van der Waals surface area contributed by atoms with Gasteiger partial charge in [-0.05, 0) is 81.1 Å². The van der Waals surface area contributed by atoms with E-state index >= 15 is 0 Å². The van der Waals surface area contributed by atoms with Crippen molar-refractivity contribution in [3.05, 3.63) is 52.6 Å². The summed E-state index contributed by atoms with van der Waals surface area (Å²) in [6, 6.07) is 9.70. The van der Waals surface area contributed by atoms with Crippen molar-refractivity contribution in [1.29, 1.82) is 0 Å². The topological polar surface area (TPSA) is 107 Å². The third kappa shape index (κ3) is 4.64. The lowest BCUT2D eigenvalue weighted by molar-refractivity contribution is -0.209. The predicted octanol–water partition coefficient (Wildman–Crippen LogP) is 3.58. The molecule has 29 heavy (non-hydrogen) atoms. The zero-order valence-corrected chi connectivity index (χ0v) is 17.4. The number of aliphatic hydroxyl groups excluding tert-OH is 3. The quantitative estimate of drug-likeness (QED) is 0.588. The highest BCUT2D eigenvalue weighted by Crippen LogP contribution is 2.33. The van der Waals surface area contributed by atoms with Crippen molar-refractivity contribution in [1.82, 2.24) is 0 Å². The van der Waals surface area contributed by atoms with Crippen molar-refractivity contribution in [3.8, 4) is 0 Å². The summed E-state index contributed by atoms with van der Waals surface area (Å²) in [6.45, 7) is 9.69. The number of aliphatic hydroxyl groups is 3. The van der Waals surface area contributed by atoms with E-state index in [0.29, 0.717) is 11.4 Å². The number of aryl methyl sites for hydroxylation is 4. The summed E-state index contributed by atoms with van der Waals surface area (Å²) in [5.41, 5.74) is 6.39. The molecule has 0 radical (unpaired) electrons. The van der Waals surface area contributed by atoms with E-state index in [9.17, 15) is 15.3 Å². The number of nitrogens with one attached hydrogen (secondary N) is 1. The first kappa shape index (κ1) is 21.4.